The molecule has 0 fully saturated rings. The zero-order chi connectivity index (χ0) is 15.7. The largest absolute Gasteiger partial charge is 0.407 e. The SMILES string of the molecule is CCCCNC1=C(NCCCC)OP(=O)(OCC)C(C)=C1. The Labute approximate surface area is 128 Å². The monoisotopic (exact) mass is 316 g/mol. The topological polar surface area (TPSA) is 59.6 Å². The second-order valence-electron chi connectivity index (χ2n) is 5.10. The Morgan fingerprint density at radius 3 is 2.33 bits per heavy atom. The lowest BCUT2D eigenvalue weighted by Gasteiger charge is -2.27. The van der Waals surface area contributed by atoms with E-state index in [1.807, 2.05) is 13.0 Å². The molecule has 5 nitrogen and oxygen atoms in total. The van der Waals surface area contributed by atoms with Crippen molar-refractivity contribution in [2.45, 2.75) is 53.4 Å². The predicted octanol–water partition coefficient (Wildman–Crippen LogP) is 4.10. The molecule has 0 amide bonds. The van der Waals surface area contributed by atoms with E-state index in [2.05, 4.69) is 24.5 Å². The van der Waals surface area contributed by atoms with Crippen LogP contribution in [0, 0.1) is 0 Å². The Balaban J connectivity index is 2.85. The van der Waals surface area contributed by atoms with Gasteiger partial charge in [0.05, 0.1) is 17.6 Å². The van der Waals surface area contributed by atoms with Gasteiger partial charge in [-0.2, -0.15) is 0 Å². The Morgan fingerprint density at radius 2 is 1.76 bits per heavy atom. The zero-order valence-corrected chi connectivity index (χ0v) is 14.6. The average molecular weight is 316 g/mol. The molecule has 0 spiro atoms. The number of nitrogens with one attached hydrogen (secondary N) is 2. The first-order chi connectivity index (χ1) is 10.1. The van der Waals surface area contributed by atoms with Crippen LogP contribution < -0.4 is 10.6 Å². The van der Waals surface area contributed by atoms with Crippen molar-refractivity contribution >= 4 is 7.60 Å². The molecule has 0 radical (unpaired) electrons. The van der Waals surface area contributed by atoms with E-state index in [0.29, 0.717) is 17.8 Å². The molecule has 122 valence electrons. The highest BCUT2D eigenvalue weighted by Gasteiger charge is 2.34. The van der Waals surface area contributed by atoms with Gasteiger partial charge in [0.25, 0.3) is 0 Å². The number of unbranched alkanes of at least 4 members (excludes halogenated alkanes) is 2. The van der Waals surface area contributed by atoms with Crippen LogP contribution in [0.3, 0.4) is 0 Å². The molecule has 0 aliphatic carbocycles. The smallest absolute Gasteiger partial charge is 0.403 e. The Morgan fingerprint density at radius 1 is 1.14 bits per heavy atom. The summed E-state index contributed by atoms with van der Waals surface area (Å²) in [7, 11) is -3.18. The van der Waals surface area contributed by atoms with Crippen LogP contribution in [0.1, 0.15) is 53.4 Å². The third-order valence-corrected chi connectivity index (χ3v) is 5.22. The van der Waals surface area contributed by atoms with Crippen LogP contribution in [0.25, 0.3) is 0 Å². The summed E-state index contributed by atoms with van der Waals surface area (Å²) in [6.45, 7) is 9.93. The van der Waals surface area contributed by atoms with E-state index in [9.17, 15) is 4.57 Å². The lowest BCUT2D eigenvalue weighted by atomic mass is 10.3. The number of hydrogen-bond donors (Lipinski definition) is 2. The molecular formula is C15H29N2O3P. The van der Waals surface area contributed by atoms with Crippen molar-refractivity contribution in [3.05, 3.63) is 23.0 Å². The minimum Gasteiger partial charge on any atom is -0.403 e. The quantitative estimate of drug-likeness (QED) is 0.469. The van der Waals surface area contributed by atoms with E-state index >= 15 is 0 Å². The molecule has 1 aliphatic heterocycles. The fraction of sp³-hybridized carbons (Fsp3) is 0.733. The minimum absolute atomic E-state index is 0.364. The van der Waals surface area contributed by atoms with Crippen LogP contribution >= 0.6 is 7.60 Å². The van der Waals surface area contributed by atoms with Gasteiger partial charge in [0.2, 0.25) is 5.88 Å². The van der Waals surface area contributed by atoms with Gasteiger partial charge < -0.3 is 15.2 Å². The summed E-state index contributed by atoms with van der Waals surface area (Å²) in [6.07, 6.45) is 6.22. The van der Waals surface area contributed by atoms with Crippen molar-refractivity contribution in [1.29, 1.82) is 0 Å². The van der Waals surface area contributed by atoms with Gasteiger partial charge in [-0.25, -0.2) is 4.57 Å². The highest BCUT2D eigenvalue weighted by Crippen LogP contribution is 2.59. The average Bonchev–Trinajstić information content (AvgIpc) is 2.44. The third kappa shape index (κ3) is 5.40. The number of allylic oxidation sites excluding steroid dienone is 2. The first-order valence-corrected chi connectivity index (χ1v) is 9.46. The molecular weight excluding hydrogens is 287 g/mol. The maximum Gasteiger partial charge on any atom is 0.407 e. The first kappa shape index (κ1) is 18.1. The maximum atomic E-state index is 12.7. The van der Waals surface area contributed by atoms with Crippen molar-refractivity contribution in [2.75, 3.05) is 19.7 Å². The molecule has 0 aromatic heterocycles. The molecule has 1 aliphatic rings. The van der Waals surface area contributed by atoms with Crippen molar-refractivity contribution in [3.63, 3.8) is 0 Å². The summed E-state index contributed by atoms with van der Waals surface area (Å²) in [4.78, 5) is 0. The molecule has 0 aromatic rings. The summed E-state index contributed by atoms with van der Waals surface area (Å²) in [5.41, 5.74) is 0.864. The Bertz CT molecular complexity index is 433. The van der Waals surface area contributed by atoms with E-state index < -0.39 is 7.60 Å². The van der Waals surface area contributed by atoms with E-state index in [4.69, 9.17) is 9.05 Å². The molecule has 1 unspecified atom stereocenters. The molecule has 1 atom stereocenters. The third-order valence-electron chi connectivity index (χ3n) is 3.20. The summed E-state index contributed by atoms with van der Waals surface area (Å²) in [5.74, 6) is 0.543. The van der Waals surface area contributed by atoms with E-state index in [1.165, 1.54) is 0 Å². The molecule has 6 heteroatoms. The van der Waals surface area contributed by atoms with Crippen LogP contribution in [0.4, 0.5) is 0 Å². The van der Waals surface area contributed by atoms with Crippen LogP contribution in [-0.4, -0.2) is 19.7 Å². The van der Waals surface area contributed by atoms with Gasteiger partial charge in [0, 0.05) is 13.1 Å². The molecule has 0 saturated heterocycles. The molecule has 2 N–H and O–H groups in total. The van der Waals surface area contributed by atoms with E-state index in [-0.39, 0.29) is 0 Å². The second kappa shape index (κ2) is 9.16. The fourth-order valence-electron chi connectivity index (χ4n) is 1.93. The lowest BCUT2D eigenvalue weighted by Crippen LogP contribution is -2.27. The lowest BCUT2D eigenvalue weighted by molar-refractivity contribution is 0.241. The Hall–Kier alpha value is -0.930. The van der Waals surface area contributed by atoms with E-state index in [1.54, 1.807) is 6.92 Å². The molecule has 1 rings (SSSR count). The van der Waals surface area contributed by atoms with E-state index in [0.717, 1.165) is 44.5 Å². The highest BCUT2D eigenvalue weighted by atomic mass is 31.2. The van der Waals surface area contributed by atoms with Gasteiger partial charge in [0.1, 0.15) is 0 Å². The molecule has 0 bridgehead atoms. The molecule has 0 saturated carbocycles. The normalized spacial score (nSPS) is 21.8. The van der Waals surface area contributed by atoms with Gasteiger partial charge >= 0.3 is 7.60 Å². The second-order valence-corrected chi connectivity index (χ2v) is 7.24. The molecule has 21 heavy (non-hydrogen) atoms. The van der Waals surface area contributed by atoms with Crippen molar-refractivity contribution < 1.29 is 13.6 Å². The van der Waals surface area contributed by atoms with Crippen molar-refractivity contribution in [2.24, 2.45) is 0 Å². The molecule has 1 heterocycles. The zero-order valence-electron chi connectivity index (χ0n) is 13.7. The van der Waals surface area contributed by atoms with Crippen molar-refractivity contribution in [1.82, 2.24) is 10.6 Å². The van der Waals surface area contributed by atoms with Gasteiger partial charge in [-0.15, -0.1) is 0 Å². The first-order valence-electron chi connectivity index (χ1n) is 7.92. The van der Waals surface area contributed by atoms with Gasteiger partial charge in [-0.05, 0) is 32.8 Å². The summed E-state index contributed by atoms with van der Waals surface area (Å²) in [5, 5.41) is 7.22. The van der Waals surface area contributed by atoms with Crippen molar-refractivity contribution in [3.8, 4) is 0 Å². The number of hydrogen-bond acceptors (Lipinski definition) is 5. The van der Waals surface area contributed by atoms with Gasteiger partial charge in [-0.3, -0.25) is 4.52 Å². The van der Waals surface area contributed by atoms with Crippen LogP contribution in [0.15, 0.2) is 23.0 Å². The summed E-state index contributed by atoms with van der Waals surface area (Å²) in [6, 6.07) is 0. The maximum absolute atomic E-state index is 12.7. The summed E-state index contributed by atoms with van der Waals surface area (Å²) >= 11 is 0. The van der Waals surface area contributed by atoms with Crippen LogP contribution in [0.2, 0.25) is 0 Å². The summed E-state index contributed by atoms with van der Waals surface area (Å²) < 4.78 is 23.7. The van der Waals surface area contributed by atoms with Gasteiger partial charge in [-0.1, -0.05) is 26.7 Å². The fourth-order valence-corrected chi connectivity index (χ4v) is 3.36. The molecule has 0 aromatic carbocycles. The van der Waals surface area contributed by atoms with Crippen LogP contribution in [0.5, 0.6) is 0 Å². The minimum atomic E-state index is -3.18. The van der Waals surface area contributed by atoms with Crippen LogP contribution in [-0.2, 0) is 13.6 Å². The highest BCUT2D eigenvalue weighted by molar-refractivity contribution is 7.58. The Kier molecular flexibility index (Phi) is 7.91. The standard InChI is InChI=1S/C15H29N2O3P/c1-5-8-10-16-14-12-13(4)21(18,19-7-3)20-15(14)17-11-9-6-2/h12,16-17H,5-11H2,1-4H3. The predicted molar refractivity (Wildman–Crippen MR) is 86.9 cm³/mol. The van der Waals surface area contributed by atoms with Gasteiger partial charge in [0.15, 0.2) is 0 Å². The number of rotatable bonds is 10.